The van der Waals surface area contributed by atoms with Crippen molar-refractivity contribution in [1.82, 2.24) is 20.3 Å². The van der Waals surface area contributed by atoms with E-state index in [1.165, 1.54) is 6.20 Å². The van der Waals surface area contributed by atoms with Gasteiger partial charge >= 0.3 is 6.09 Å². The molecule has 3 aromatic rings. The van der Waals surface area contributed by atoms with E-state index in [4.69, 9.17) is 5.11 Å². The number of carbonyl (C=O) groups excluding carboxylic acids is 1. The maximum Gasteiger partial charge on any atom is 0.433 e. The van der Waals surface area contributed by atoms with Crippen molar-refractivity contribution >= 4 is 12.0 Å². The van der Waals surface area contributed by atoms with Crippen LogP contribution in [0.25, 0.3) is 22.4 Å². The smallest absolute Gasteiger partial charge is 0.433 e. The molecule has 1 aliphatic rings. The van der Waals surface area contributed by atoms with Crippen LogP contribution in [0.15, 0.2) is 48.7 Å². The number of nitrogens with one attached hydrogen (secondary N) is 1. The molecule has 26 heavy (non-hydrogen) atoms. The second-order valence-electron chi connectivity index (χ2n) is 6.75. The van der Waals surface area contributed by atoms with Crippen molar-refractivity contribution in [1.29, 1.82) is 0 Å². The van der Waals surface area contributed by atoms with Gasteiger partial charge in [-0.25, -0.2) is 4.79 Å². The van der Waals surface area contributed by atoms with E-state index in [9.17, 15) is 9.59 Å². The molecule has 2 aromatic carbocycles. The van der Waals surface area contributed by atoms with Gasteiger partial charge in [0.05, 0.1) is 11.7 Å². The van der Waals surface area contributed by atoms with Gasteiger partial charge in [-0.15, -0.1) is 5.10 Å². The van der Waals surface area contributed by atoms with Crippen LogP contribution < -0.4 is 5.32 Å². The second kappa shape index (κ2) is 5.52. The Balaban J connectivity index is 1.67. The Hall–Kier alpha value is -3.48. The van der Waals surface area contributed by atoms with Crippen molar-refractivity contribution in [2.45, 2.75) is 19.4 Å². The van der Waals surface area contributed by atoms with E-state index in [2.05, 4.69) is 15.6 Å². The third kappa shape index (κ3) is 2.54. The number of hydrogen-bond acceptors (Lipinski definition) is 4. The minimum atomic E-state index is -1.18. The zero-order valence-corrected chi connectivity index (χ0v) is 14.2. The summed E-state index contributed by atoms with van der Waals surface area (Å²) in [6.45, 7) is 3.96. The Morgan fingerprint density at radius 2 is 1.73 bits per heavy atom. The van der Waals surface area contributed by atoms with Gasteiger partial charge in [0.1, 0.15) is 5.69 Å². The molecule has 0 bridgehead atoms. The van der Waals surface area contributed by atoms with Crippen molar-refractivity contribution in [3.05, 3.63) is 59.8 Å². The number of hydrogen-bond donors (Lipinski definition) is 2. The first-order chi connectivity index (χ1) is 12.3. The van der Waals surface area contributed by atoms with Gasteiger partial charge in [0.15, 0.2) is 0 Å². The average molecular weight is 348 g/mol. The molecule has 1 aromatic heterocycles. The minimum absolute atomic E-state index is 0.0478. The zero-order chi connectivity index (χ0) is 18.5. The van der Waals surface area contributed by atoms with E-state index in [1.54, 1.807) is 0 Å². The summed E-state index contributed by atoms with van der Waals surface area (Å²) in [5.41, 5.74) is 4.57. The van der Waals surface area contributed by atoms with Crippen LogP contribution in [-0.2, 0) is 5.54 Å². The van der Waals surface area contributed by atoms with E-state index in [1.807, 2.05) is 56.3 Å². The molecule has 2 heterocycles. The normalized spacial score (nSPS) is 14.8. The minimum Gasteiger partial charge on any atom is -0.463 e. The molecule has 0 fully saturated rings. The first kappa shape index (κ1) is 16.0. The molecular formula is C19H16N4O3. The summed E-state index contributed by atoms with van der Waals surface area (Å²) in [6.07, 6.45) is 0.191. The maximum atomic E-state index is 12.0. The molecule has 0 atom stereocenters. The van der Waals surface area contributed by atoms with Gasteiger partial charge in [-0.1, -0.05) is 35.5 Å². The van der Waals surface area contributed by atoms with Gasteiger partial charge in [-0.2, -0.15) is 4.68 Å². The SMILES string of the molecule is CC1(C)NC(=O)c2ccc(-c3ccc(-c4cn(C(=O)O)nn4)cc3)cc21. The molecule has 0 saturated carbocycles. The summed E-state index contributed by atoms with van der Waals surface area (Å²) in [5.74, 6) is -0.0478. The van der Waals surface area contributed by atoms with E-state index < -0.39 is 11.6 Å². The quantitative estimate of drug-likeness (QED) is 0.741. The summed E-state index contributed by atoms with van der Waals surface area (Å²) in [6, 6.07) is 13.4. The van der Waals surface area contributed by atoms with Crippen LogP contribution in [0.4, 0.5) is 4.79 Å². The van der Waals surface area contributed by atoms with E-state index in [0.29, 0.717) is 11.3 Å². The predicted molar refractivity (Wildman–Crippen MR) is 94.8 cm³/mol. The number of amides is 1. The number of carboxylic acid groups (broad SMARTS) is 1. The number of nitrogens with zero attached hydrogens (tertiary/aromatic N) is 3. The van der Waals surface area contributed by atoms with Crippen molar-refractivity contribution < 1.29 is 14.7 Å². The molecule has 0 aliphatic carbocycles. The number of carbonyl (C=O) groups is 2. The third-order valence-electron chi connectivity index (χ3n) is 4.57. The topological polar surface area (TPSA) is 97.1 Å². The number of aromatic nitrogens is 3. The molecular weight excluding hydrogens is 332 g/mol. The Morgan fingerprint density at radius 1 is 1.08 bits per heavy atom. The average Bonchev–Trinajstić information content (AvgIpc) is 3.19. The highest BCUT2D eigenvalue weighted by atomic mass is 16.4. The Labute approximate surface area is 149 Å². The fourth-order valence-corrected chi connectivity index (χ4v) is 3.18. The lowest BCUT2D eigenvalue weighted by Gasteiger charge is -2.19. The van der Waals surface area contributed by atoms with Gasteiger partial charge in [-0.3, -0.25) is 4.79 Å². The molecule has 1 aliphatic heterocycles. The molecule has 0 radical (unpaired) electrons. The largest absolute Gasteiger partial charge is 0.463 e. The highest BCUT2D eigenvalue weighted by molar-refractivity contribution is 6.00. The number of rotatable bonds is 2. The fourth-order valence-electron chi connectivity index (χ4n) is 3.18. The van der Waals surface area contributed by atoms with Crippen molar-refractivity contribution in [3.8, 4) is 22.4 Å². The second-order valence-corrected chi connectivity index (χ2v) is 6.75. The summed E-state index contributed by atoms with van der Waals surface area (Å²) >= 11 is 0. The maximum absolute atomic E-state index is 12.0. The van der Waals surface area contributed by atoms with E-state index in [0.717, 1.165) is 26.9 Å². The Bertz CT molecular complexity index is 1040. The fraction of sp³-hybridized carbons (Fsp3) is 0.158. The van der Waals surface area contributed by atoms with Gasteiger partial charge < -0.3 is 10.4 Å². The summed E-state index contributed by atoms with van der Waals surface area (Å²) in [7, 11) is 0. The van der Waals surface area contributed by atoms with Crippen LogP contribution in [0.5, 0.6) is 0 Å². The molecule has 2 N–H and O–H groups in total. The van der Waals surface area contributed by atoms with Crippen molar-refractivity contribution in [2.75, 3.05) is 0 Å². The van der Waals surface area contributed by atoms with Crippen LogP contribution in [0, 0.1) is 0 Å². The first-order valence-electron chi connectivity index (χ1n) is 8.09. The van der Waals surface area contributed by atoms with Gasteiger partial charge in [-0.05, 0) is 42.7 Å². The summed E-state index contributed by atoms with van der Waals surface area (Å²) < 4.78 is 0.774. The molecule has 0 unspecified atom stereocenters. The Morgan fingerprint density at radius 3 is 2.38 bits per heavy atom. The Kier molecular flexibility index (Phi) is 3.40. The van der Waals surface area contributed by atoms with E-state index in [-0.39, 0.29) is 5.91 Å². The molecule has 7 nitrogen and oxygen atoms in total. The van der Waals surface area contributed by atoms with Crippen molar-refractivity contribution in [3.63, 3.8) is 0 Å². The predicted octanol–water partition coefficient (Wildman–Crippen LogP) is 3.12. The number of fused-ring (bicyclic) bond motifs is 1. The van der Waals surface area contributed by atoms with Crippen LogP contribution in [-0.4, -0.2) is 32.1 Å². The first-order valence-corrected chi connectivity index (χ1v) is 8.09. The third-order valence-corrected chi connectivity index (χ3v) is 4.57. The molecule has 130 valence electrons. The van der Waals surface area contributed by atoms with Crippen LogP contribution in [0.3, 0.4) is 0 Å². The van der Waals surface area contributed by atoms with Crippen LogP contribution in [0.2, 0.25) is 0 Å². The van der Waals surface area contributed by atoms with E-state index >= 15 is 0 Å². The highest BCUT2D eigenvalue weighted by Gasteiger charge is 2.34. The van der Waals surface area contributed by atoms with Gasteiger partial charge in [0.2, 0.25) is 0 Å². The molecule has 1 amide bonds. The molecule has 4 rings (SSSR count). The molecule has 7 heteroatoms. The lowest BCUT2D eigenvalue weighted by atomic mass is 9.91. The van der Waals surface area contributed by atoms with Crippen molar-refractivity contribution in [2.24, 2.45) is 0 Å². The zero-order valence-electron chi connectivity index (χ0n) is 14.2. The summed E-state index contributed by atoms with van der Waals surface area (Å²) in [5, 5.41) is 19.3. The van der Waals surface area contributed by atoms with Crippen LogP contribution in [0.1, 0.15) is 29.8 Å². The molecule has 0 saturated heterocycles. The molecule has 0 spiro atoms. The van der Waals surface area contributed by atoms with Crippen LogP contribution >= 0.6 is 0 Å². The standard InChI is InChI=1S/C19H16N4O3/c1-19(2)15-9-13(7-8-14(15)17(24)20-19)11-3-5-12(6-4-11)16-10-23(18(25)26)22-21-16/h3-10H,1-2H3,(H,20,24)(H,25,26). The number of benzene rings is 2. The summed E-state index contributed by atoms with van der Waals surface area (Å²) in [4.78, 5) is 22.9. The lowest BCUT2D eigenvalue weighted by molar-refractivity contribution is 0.0940. The monoisotopic (exact) mass is 348 g/mol. The highest BCUT2D eigenvalue weighted by Crippen LogP contribution is 2.34. The van der Waals surface area contributed by atoms with Gasteiger partial charge in [0, 0.05) is 11.1 Å². The van der Waals surface area contributed by atoms with Gasteiger partial charge in [0.25, 0.3) is 5.91 Å². The lowest BCUT2D eigenvalue weighted by Crippen LogP contribution is -2.32.